The number of hydrogen-bond donors (Lipinski definition) is 1. The van der Waals surface area contributed by atoms with Gasteiger partial charge in [0.2, 0.25) is 0 Å². The topological polar surface area (TPSA) is 42.2 Å². The van der Waals surface area contributed by atoms with Crippen LogP contribution in [0.1, 0.15) is 26.7 Å². The standard InChI is InChI=1S/C12H18BrN3/c1-12(2)3-5-16(6-4-12)11-10(14)7-9(13)8-15-11/h7-8H,3-6,14H2,1-2H3. The van der Waals surface area contributed by atoms with Gasteiger partial charge in [-0.2, -0.15) is 0 Å². The minimum absolute atomic E-state index is 0.459. The third-order valence-corrected chi connectivity index (χ3v) is 3.71. The molecular formula is C12H18BrN3. The van der Waals surface area contributed by atoms with Gasteiger partial charge >= 0.3 is 0 Å². The predicted octanol–water partition coefficient (Wildman–Crippen LogP) is 3.05. The van der Waals surface area contributed by atoms with E-state index in [0.717, 1.165) is 29.1 Å². The van der Waals surface area contributed by atoms with E-state index in [1.807, 2.05) is 12.3 Å². The van der Waals surface area contributed by atoms with Gasteiger partial charge in [-0.3, -0.25) is 0 Å². The van der Waals surface area contributed by atoms with Crippen LogP contribution in [-0.2, 0) is 0 Å². The van der Waals surface area contributed by atoms with E-state index >= 15 is 0 Å². The molecule has 1 aromatic heterocycles. The van der Waals surface area contributed by atoms with Crippen molar-refractivity contribution in [2.45, 2.75) is 26.7 Å². The molecule has 1 aromatic rings. The lowest BCUT2D eigenvalue weighted by Crippen LogP contribution is -2.38. The van der Waals surface area contributed by atoms with E-state index in [1.165, 1.54) is 12.8 Å². The first kappa shape index (κ1) is 11.7. The second kappa shape index (κ2) is 4.24. The highest BCUT2D eigenvalue weighted by Gasteiger charge is 2.26. The van der Waals surface area contributed by atoms with Crippen LogP contribution in [-0.4, -0.2) is 18.1 Å². The number of piperidine rings is 1. The van der Waals surface area contributed by atoms with Gasteiger partial charge < -0.3 is 10.6 Å². The summed E-state index contributed by atoms with van der Waals surface area (Å²) < 4.78 is 0.936. The van der Waals surface area contributed by atoms with Crippen LogP contribution >= 0.6 is 15.9 Å². The molecule has 2 N–H and O–H groups in total. The molecule has 88 valence electrons. The van der Waals surface area contributed by atoms with Crippen molar-refractivity contribution in [1.82, 2.24) is 4.98 Å². The zero-order valence-electron chi connectivity index (χ0n) is 9.83. The summed E-state index contributed by atoms with van der Waals surface area (Å²) in [6, 6.07) is 1.92. The molecule has 1 aliphatic rings. The fraction of sp³-hybridized carbons (Fsp3) is 0.583. The van der Waals surface area contributed by atoms with E-state index in [1.54, 1.807) is 0 Å². The maximum absolute atomic E-state index is 5.99. The number of anilines is 2. The summed E-state index contributed by atoms with van der Waals surface area (Å²) >= 11 is 3.38. The summed E-state index contributed by atoms with van der Waals surface area (Å²) in [5.41, 5.74) is 7.20. The maximum atomic E-state index is 5.99. The Bertz CT molecular complexity index is 380. The number of nitrogen functional groups attached to an aromatic ring is 1. The van der Waals surface area contributed by atoms with Gasteiger partial charge in [-0.1, -0.05) is 13.8 Å². The summed E-state index contributed by atoms with van der Waals surface area (Å²) in [5, 5.41) is 0. The highest BCUT2D eigenvalue weighted by Crippen LogP contribution is 2.33. The summed E-state index contributed by atoms with van der Waals surface area (Å²) in [5.74, 6) is 0.929. The normalized spacial score (nSPS) is 19.8. The first-order valence-electron chi connectivity index (χ1n) is 5.64. The lowest BCUT2D eigenvalue weighted by molar-refractivity contribution is 0.279. The van der Waals surface area contributed by atoms with E-state index in [2.05, 4.69) is 39.7 Å². The first-order chi connectivity index (χ1) is 7.48. The molecule has 0 radical (unpaired) electrons. The van der Waals surface area contributed by atoms with Crippen LogP contribution in [0, 0.1) is 5.41 Å². The van der Waals surface area contributed by atoms with Crippen LogP contribution in [0.25, 0.3) is 0 Å². The van der Waals surface area contributed by atoms with E-state index in [4.69, 9.17) is 5.73 Å². The zero-order chi connectivity index (χ0) is 11.8. The predicted molar refractivity (Wildman–Crippen MR) is 71.6 cm³/mol. The van der Waals surface area contributed by atoms with Crippen molar-refractivity contribution < 1.29 is 0 Å². The molecule has 1 aliphatic heterocycles. The molecule has 0 aromatic carbocycles. The third-order valence-electron chi connectivity index (χ3n) is 3.28. The Hall–Kier alpha value is -0.770. The number of halogens is 1. The van der Waals surface area contributed by atoms with Gasteiger partial charge in [0, 0.05) is 23.8 Å². The Balaban J connectivity index is 2.14. The van der Waals surface area contributed by atoms with Crippen LogP contribution in [0.3, 0.4) is 0 Å². The quantitative estimate of drug-likeness (QED) is 0.861. The molecule has 1 saturated heterocycles. The number of rotatable bonds is 1. The molecule has 3 nitrogen and oxygen atoms in total. The first-order valence-corrected chi connectivity index (χ1v) is 6.43. The minimum atomic E-state index is 0.459. The van der Waals surface area contributed by atoms with Gasteiger partial charge in [-0.05, 0) is 40.3 Å². The Morgan fingerprint density at radius 3 is 2.56 bits per heavy atom. The number of hydrogen-bond acceptors (Lipinski definition) is 3. The monoisotopic (exact) mass is 283 g/mol. The van der Waals surface area contributed by atoms with Crippen LogP contribution < -0.4 is 10.6 Å². The lowest BCUT2D eigenvalue weighted by atomic mass is 9.83. The average molecular weight is 284 g/mol. The molecule has 0 atom stereocenters. The fourth-order valence-corrected chi connectivity index (χ4v) is 2.38. The molecule has 1 fully saturated rings. The zero-order valence-corrected chi connectivity index (χ0v) is 11.4. The summed E-state index contributed by atoms with van der Waals surface area (Å²) in [6.07, 6.45) is 4.21. The molecule has 0 unspecified atom stereocenters. The minimum Gasteiger partial charge on any atom is -0.396 e. The smallest absolute Gasteiger partial charge is 0.151 e. The third kappa shape index (κ3) is 2.48. The van der Waals surface area contributed by atoms with Crippen molar-refractivity contribution in [2.24, 2.45) is 5.41 Å². The van der Waals surface area contributed by atoms with Crippen LogP contribution in [0.15, 0.2) is 16.7 Å². The maximum Gasteiger partial charge on any atom is 0.151 e. The summed E-state index contributed by atoms with van der Waals surface area (Å²) in [7, 11) is 0. The van der Waals surface area contributed by atoms with Crippen molar-refractivity contribution in [3.05, 3.63) is 16.7 Å². The van der Waals surface area contributed by atoms with Crippen LogP contribution in [0.2, 0.25) is 0 Å². The number of nitrogens with zero attached hydrogens (tertiary/aromatic N) is 2. The van der Waals surface area contributed by atoms with Crippen molar-refractivity contribution >= 4 is 27.4 Å². The number of aromatic nitrogens is 1. The number of nitrogens with two attached hydrogens (primary N) is 1. The number of pyridine rings is 1. The summed E-state index contributed by atoms with van der Waals surface area (Å²) in [4.78, 5) is 6.69. The average Bonchev–Trinajstić information content (AvgIpc) is 2.19. The molecule has 0 saturated carbocycles. The SMILES string of the molecule is CC1(C)CCN(c2ncc(Br)cc2N)CC1. The van der Waals surface area contributed by atoms with E-state index in [-0.39, 0.29) is 0 Å². The molecule has 16 heavy (non-hydrogen) atoms. The van der Waals surface area contributed by atoms with Gasteiger partial charge in [0.05, 0.1) is 5.69 Å². The van der Waals surface area contributed by atoms with Gasteiger partial charge in [0.15, 0.2) is 5.82 Å². The second-order valence-corrected chi connectivity index (χ2v) is 6.13. The van der Waals surface area contributed by atoms with E-state index < -0.39 is 0 Å². The van der Waals surface area contributed by atoms with Gasteiger partial charge in [0.1, 0.15) is 0 Å². The molecule has 2 rings (SSSR count). The van der Waals surface area contributed by atoms with Gasteiger partial charge in [-0.25, -0.2) is 4.98 Å². The largest absolute Gasteiger partial charge is 0.396 e. The van der Waals surface area contributed by atoms with Crippen molar-refractivity contribution in [2.75, 3.05) is 23.7 Å². The molecule has 0 bridgehead atoms. The lowest BCUT2D eigenvalue weighted by Gasteiger charge is -2.37. The molecular weight excluding hydrogens is 266 g/mol. The molecule has 0 aliphatic carbocycles. The van der Waals surface area contributed by atoms with Crippen molar-refractivity contribution in [1.29, 1.82) is 0 Å². The molecule has 0 amide bonds. The molecule has 4 heteroatoms. The van der Waals surface area contributed by atoms with E-state index in [9.17, 15) is 0 Å². The second-order valence-electron chi connectivity index (χ2n) is 5.22. The Labute approximate surface area is 105 Å². The highest BCUT2D eigenvalue weighted by atomic mass is 79.9. The summed E-state index contributed by atoms with van der Waals surface area (Å²) in [6.45, 7) is 6.74. The van der Waals surface area contributed by atoms with Crippen molar-refractivity contribution in [3.8, 4) is 0 Å². The Morgan fingerprint density at radius 1 is 1.38 bits per heavy atom. The van der Waals surface area contributed by atoms with Gasteiger partial charge in [-0.15, -0.1) is 0 Å². The molecule has 0 spiro atoms. The van der Waals surface area contributed by atoms with Crippen molar-refractivity contribution in [3.63, 3.8) is 0 Å². The van der Waals surface area contributed by atoms with Crippen LogP contribution in [0.4, 0.5) is 11.5 Å². The van der Waals surface area contributed by atoms with Crippen LogP contribution in [0.5, 0.6) is 0 Å². The Morgan fingerprint density at radius 2 is 2.00 bits per heavy atom. The van der Waals surface area contributed by atoms with Gasteiger partial charge in [0.25, 0.3) is 0 Å². The van der Waals surface area contributed by atoms with E-state index in [0.29, 0.717) is 5.41 Å². The molecule has 2 heterocycles. The highest BCUT2D eigenvalue weighted by molar-refractivity contribution is 9.10. The fourth-order valence-electron chi connectivity index (χ4n) is 2.04. The Kier molecular flexibility index (Phi) is 3.10.